The number of H-pyrrole nitrogens is 1. The predicted molar refractivity (Wildman–Crippen MR) is 122 cm³/mol. The number of benzene rings is 1. The van der Waals surface area contributed by atoms with Crippen molar-refractivity contribution in [1.82, 2.24) is 29.7 Å². The standard InChI is InChI=1S/C24H28N6O3/c1-16-18(24(32)29-10-12-33-13-11-29)14-25-23(26-16)17-8-9-30(15-17)22(31)7-6-21-27-19-4-2-3-5-20(19)28-21/h2-5,14,17H,6-13,15H2,1H3,(H,27,28)/t17-/m0/s1. The van der Waals surface area contributed by atoms with Crippen molar-refractivity contribution in [2.24, 2.45) is 0 Å². The summed E-state index contributed by atoms with van der Waals surface area (Å²) in [4.78, 5) is 46.2. The maximum Gasteiger partial charge on any atom is 0.257 e. The summed E-state index contributed by atoms with van der Waals surface area (Å²) in [5, 5.41) is 0. The number of carbonyl (C=O) groups is 2. The minimum atomic E-state index is -0.0452. The van der Waals surface area contributed by atoms with Gasteiger partial charge in [-0.25, -0.2) is 15.0 Å². The van der Waals surface area contributed by atoms with Gasteiger partial charge in [-0.3, -0.25) is 9.59 Å². The molecule has 0 unspecified atom stereocenters. The minimum Gasteiger partial charge on any atom is -0.378 e. The predicted octanol–water partition coefficient (Wildman–Crippen LogP) is 2.08. The molecule has 9 nitrogen and oxygen atoms in total. The van der Waals surface area contributed by atoms with E-state index in [2.05, 4.69) is 19.9 Å². The molecule has 2 aliphatic heterocycles. The average Bonchev–Trinajstić information content (AvgIpc) is 3.50. The summed E-state index contributed by atoms with van der Waals surface area (Å²) in [7, 11) is 0. The third kappa shape index (κ3) is 4.59. The van der Waals surface area contributed by atoms with Crippen LogP contribution < -0.4 is 0 Å². The van der Waals surface area contributed by atoms with Crippen molar-refractivity contribution < 1.29 is 14.3 Å². The van der Waals surface area contributed by atoms with Gasteiger partial charge in [0.25, 0.3) is 5.91 Å². The molecule has 0 spiro atoms. The Morgan fingerprint density at radius 3 is 2.73 bits per heavy atom. The van der Waals surface area contributed by atoms with Crippen LogP contribution in [0, 0.1) is 6.92 Å². The Morgan fingerprint density at radius 1 is 1.12 bits per heavy atom. The molecule has 0 radical (unpaired) electrons. The summed E-state index contributed by atoms with van der Waals surface area (Å²) in [6.45, 7) is 5.46. The van der Waals surface area contributed by atoms with Crippen LogP contribution >= 0.6 is 0 Å². The number of nitrogens with one attached hydrogen (secondary N) is 1. The number of carbonyl (C=O) groups excluding carboxylic acids is 2. The van der Waals surface area contributed by atoms with Crippen molar-refractivity contribution in [3.8, 4) is 0 Å². The van der Waals surface area contributed by atoms with Crippen molar-refractivity contribution in [2.45, 2.75) is 32.1 Å². The lowest BCUT2D eigenvalue weighted by atomic mass is 10.1. The molecule has 9 heteroatoms. The number of likely N-dealkylation sites (tertiary alicyclic amines) is 1. The quantitative estimate of drug-likeness (QED) is 0.641. The summed E-state index contributed by atoms with van der Waals surface area (Å²) in [5.41, 5.74) is 3.14. The number of ether oxygens (including phenoxy) is 1. The number of aryl methyl sites for hydroxylation is 2. The molecule has 2 saturated heterocycles. The fraction of sp³-hybridized carbons (Fsp3) is 0.458. The molecule has 0 saturated carbocycles. The first-order valence-corrected chi connectivity index (χ1v) is 11.5. The van der Waals surface area contributed by atoms with Crippen LogP contribution in [-0.4, -0.2) is 80.9 Å². The van der Waals surface area contributed by atoms with Crippen molar-refractivity contribution in [3.63, 3.8) is 0 Å². The number of morpholine rings is 1. The monoisotopic (exact) mass is 448 g/mol. The third-order valence-corrected chi connectivity index (χ3v) is 6.45. The fourth-order valence-corrected chi connectivity index (χ4v) is 4.53. The first-order valence-electron chi connectivity index (χ1n) is 11.5. The highest BCUT2D eigenvalue weighted by Crippen LogP contribution is 2.26. The van der Waals surface area contributed by atoms with Crippen LogP contribution in [0.25, 0.3) is 11.0 Å². The highest BCUT2D eigenvalue weighted by Gasteiger charge is 2.30. The molecule has 0 aliphatic carbocycles. The number of aromatic amines is 1. The van der Waals surface area contributed by atoms with Crippen LogP contribution in [0.15, 0.2) is 30.5 Å². The zero-order chi connectivity index (χ0) is 22.8. The summed E-state index contributed by atoms with van der Waals surface area (Å²) < 4.78 is 5.33. The number of nitrogens with zero attached hydrogens (tertiary/aromatic N) is 5. The Bertz CT molecular complexity index is 1140. The smallest absolute Gasteiger partial charge is 0.257 e. The average molecular weight is 449 g/mol. The molecule has 33 heavy (non-hydrogen) atoms. The van der Waals surface area contributed by atoms with E-state index in [1.54, 1.807) is 11.1 Å². The first-order chi connectivity index (χ1) is 16.1. The van der Waals surface area contributed by atoms with E-state index < -0.39 is 0 Å². The number of hydrogen-bond acceptors (Lipinski definition) is 6. The molecule has 1 N–H and O–H groups in total. The molecule has 0 bridgehead atoms. The molecule has 5 rings (SSSR count). The van der Waals surface area contributed by atoms with Gasteiger partial charge in [0, 0.05) is 51.1 Å². The van der Waals surface area contributed by atoms with Crippen molar-refractivity contribution in [1.29, 1.82) is 0 Å². The summed E-state index contributed by atoms with van der Waals surface area (Å²) in [6, 6.07) is 7.87. The lowest BCUT2D eigenvalue weighted by Gasteiger charge is -2.27. The van der Waals surface area contributed by atoms with Crippen molar-refractivity contribution >= 4 is 22.8 Å². The molecule has 2 aliphatic rings. The summed E-state index contributed by atoms with van der Waals surface area (Å²) in [6.07, 6.45) is 3.47. The van der Waals surface area contributed by atoms with Crippen LogP contribution in [-0.2, 0) is 16.0 Å². The van der Waals surface area contributed by atoms with E-state index in [4.69, 9.17) is 4.74 Å². The third-order valence-electron chi connectivity index (χ3n) is 6.45. The lowest BCUT2D eigenvalue weighted by Crippen LogP contribution is -2.41. The van der Waals surface area contributed by atoms with Gasteiger partial charge in [-0.15, -0.1) is 0 Å². The number of amides is 2. The Morgan fingerprint density at radius 2 is 1.94 bits per heavy atom. The molecule has 4 heterocycles. The Kier molecular flexibility index (Phi) is 6.04. The fourth-order valence-electron chi connectivity index (χ4n) is 4.53. The number of imidazole rings is 1. The second-order valence-electron chi connectivity index (χ2n) is 8.66. The highest BCUT2D eigenvalue weighted by molar-refractivity contribution is 5.95. The van der Waals surface area contributed by atoms with Crippen LogP contribution in [0.2, 0.25) is 0 Å². The van der Waals surface area contributed by atoms with Gasteiger partial charge in [0.15, 0.2) is 0 Å². The van der Waals surface area contributed by atoms with Gasteiger partial charge >= 0.3 is 0 Å². The van der Waals surface area contributed by atoms with Gasteiger partial charge in [0.1, 0.15) is 11.6 Å². The number of aromatic nitrogens is 4. The van der Waals surface area contributed by atoms with Crippen LogP contribution in [0.5, 0.6) is 0 Å². The zero-order valence-corrected chi connectivity index (χ0v) is 18.8. The van der Waals surface area contributed by atoms with Gasteiger partial charge in [-0.05, 0) is 25.5 Å². The molecule has 1 atom stereocenters. The van der Waals surface area contributed by atoms with Gasteiger partial charge < -0.3 is 19.5 Å². The van der Waals surface area contributed by atoms with Gasteiger partial charge in [-0.1, -0.05) is 12.1 Å². The second kappa shape index (κ2) is 9.27. The molecule has 2 aromatic heterocycles. The van der Waals surface area contributed by atoms with Crippen molar-refractivity contribution in [3.05, 3.63) is 53.4 Å². The molecule has 2 amide bonds. The summed E-state index contributed by atoms with van der Waals surface area (Å²) in [5.74, 6) is 1.70. The minimum absolute atomic E-state index is 0.0452. The molecule has 3 aromatic rings. The van der Waals surface area contributed by atoms with E-state index >= 15 is 0 Å². The molecular formula is C24H28N6O3. The molecule has 172 valence electrons. The number of rotatable bonds is 5. The molecule has 2 fully saturated rings. The number of hydrogen-bond donors (Lipinski definition) is 1. The first kappa shape index (κ1) is 21.5. The summed E-state index contributed by atoms with van der Waals surface area (Å²) >= 11 is 0. The molecule has 1 aromatic carbocycles. The van der Waals surface area contributed by atoms with E-state index in [1.165, 1.54) is 0 Å². The Hall–Kier alpha value is -3.33. The Labute approximate surface area is 192 Å². The largest absolute Gasteiger partial charge is 0.378 e. The van der Waals surface area contributed by atoms with Crippen molar-refractivity contribution in [2.75, 3.05) is 39.4 Å². The molecular weight excluding hydrogens is 420 g/mol. The van der Waals surface area contributed by atoms with Gasteiger partial charge in [0.2, 0.25) is 5.91 Å². The normalized spacial score (nSPS) is 18.8. The highest BCUT2D eigenvalue weighted by atomic mass is 16.5. The van der Waals surface area contributed by atoms with Gasteiger partial charge in [-0.2, -0.15) is 0 Å². The number of fused-ring (bicyclic) bond motifs is 1. The lowest BCUT2D eigenvalue weighted by molar-refractivity contribution is -0.130. The van der Waals surface area contributed by atoms with Gasteiger partial charge in [0.05, 0.1) is 35.5 Å². The van der Waals surface area contributed by atoms with E-state index in [0.29, 0.717) is 69.3 Å². The maximum atomic E-state index is 12.8. The van der Waals surface area contributed by atoms with Crippen LogP contribution in [0.4, 0.5) is 0 Å². The number of para-hydroxylation sites is 2. The zero-order valence-electron chi connectivity index (χ0n) is 18.8. The van der Waals surface area contributed by atoms with E-state index in [-0.39, 0.29) is 17.7 Å². The topological polar surface area (TPSA) is 104 Å². The van der Waals surface area contributed by atoms with E-state index in [1.807, 2.05) is 36.1 Å². The maximum absolute atomic E-state index is 12.8. The second-order valence-corrected chi connectivity index (χ2v) is 8.66. The van der Waals surface area contributed by atoms with E-state index in [0.717, 1.165) is 23.3 Å². The van der Waals surface area contributed by atoms with E-state index in [9.17, 15) is 9.59 Å². The Balaban J connectivity index is 1.18. The van der Waals surface area contributed by atoms with Crippen LogP contribution in [0.3, 0.4) is 0 Å². The SMILES string of the molecule is Cc1nc([C@H]2CCN(C(=O)CCc3nc4ccccc4[nH]3)C2)ncc1C(=O)N1CCOCC1. The van der Waals surface area contributed by atoms with Crippen LogP contribution in [0.1, 0.15) is 46.5 Å².